The van der Waals surface area contributed by atoms with E-state index in [1.165, 1.54) is 0 Å². The highest BCUT2D eigenvalue weighted by molar-refractivity contribution is 6.45. The number of fused-ring (bicyclic) bond motifs is 3. The van der Waals surface area contributed by atoms with E-state index in [4.69, 9.17) is 23.2 Å². The monoisotopic (exact) mass is 252 g/mol. The molecule has 0 saturated carbocycles. The summed E-state index contributed by atoms with van der Waals surface area (Å²) in [5.41, 5.74) is 1.04. The number of aromatic amines is 2. The Kier molecular flexibility index (Phi) is 1.99. The van der Waals surface area contributed by atoms with Crippen LogP contribution in [0.3, 0.4) is 0 Å². The number of rotatable bonds is 0. The number of aromatic nitrogens is 2. The Morgan fingerprint density at radius 1 is 1.00 bits per heavy atom. The Hall–Kier alpha value is -1.45. The molecule has 2 N–H and O–H groups in total. The summed E-state index contributed by atoms with van der Waals surface area (Å²) in [4.78, 5) is 17.2. The van der Waals surface area contributed by atoms with E-state index >= 15 is 0 Å². The molecule has 0 spiro atoms. The van der Waals surface area contributed by atoms with Crippen LogP contribution in [0, 0.1) is 0 Å². The van der Waals surface area contributed by atoms with Gasteiger partial charge in [-0.3, -0.25) is 4.79 Å². The SMILES string of the molecule is O=c1[nH]ccc2c1[nH]c1c(Cl)c(Cl)ccc12. The van der Waals surface area contributed by atoms with Gasteiger partial charge in [-0.25, -0.2) is 0 Å². The first-order valence-corrected chi connectivity index (χ1v) is 5.41. The van der Waals surface area contributed by atoms with E-state index in [2.05, 4.69) is 9.97 Å². The quantitative estimate of drug-likeness (QED) is 0.634. The third-order valence-corrected chi connectivity index (χ3v) is 3.40. The van der Waals surface area contributed by atoms with Crippen molar-refractivity contribution in [1.82, 2.24) is 9.97 Å². The maximum absolute atomic E-state index is 11.6. The molecule has 0 bridgehead atoms. The van der Waals surface area contributed by atoms with Gasteiger partial charge in [0.1, 0.15) is 5.52 Å². The van der Waals surface area contributed by atoms with Gasteiger partial charge in [0, 0.05) is 17.0 Å². The Morgan fingerprint density at radius 2 is 1.75 bits per heavy atom. The standard InChI is InChI=1S/C11H6Cl2N2O/c12-7-2-1-5-6-3-4-14-11(16)10(6)15-9(5)8(7)13/h1-4,15H,(H,14,16). The molecule has 16 heavy (non-hydrogen) atoms. The first kappa shape index (κ1) is 9.75. The van der Waals surface area contributed by atoms with E-state index in [0.717, 1.165) is 10.8 Å². The highest BCUT2D eigenvalue weighted by atomic mass is 35.5. The average molecular weight is 253 g/mol. The number of halogens is 2. The molecule has 3 nitrogen and oxygen atoms in total. The fourth-order valence-electron chi connectivity index (χ4n) is 1.85. The fraction of sp³-hybridized carbons (Fsp3) is 0. The molecule has 2 heterocycles. The maximum Gasteiger partial charge on any atom is 0.272 e. The molecule has 3 rings (SSSR count). The van der Waals surface area contributed by atoms with Gasteiger partial charge in [0.15, 0.2) is 0 Å². The smallest absolute Gasteiger partial charge is 0.272 e. The number of benzene rings is 1. The summed E-state index contributed by atoms with van der Waals surface area (Å²) in [5.74, 6) is 0. The normalized spacial score (nSPS) is 11.4. The van der Waals surface area contributed by atoms with E-state index in [-0.39, 0.29) is 5.56 Å². The van der Waals surface area contributed by atoms with Crippen LogP contribution < -0.4 is 5.56 Å². The van der Waals surface area contributed by atoms with Crippen LogP contribution in [0.4, 0.5) is 0 Å². The van der Waals surface area contributed by atoms with Gasteiger partial charge in [0.2, 0.25) is 0 Å². The van der Waals surface area contributed by atoms with Gasteiger partial charge in [-0.15, -0.1) is 0 Å². The largest absolute Gasteiger partial charge is 0.349 e. The van der Waals surface area contributed by atoms with Crippen LogP contribution in [0.2, 0.25) is 10.0 Å². The van der Waals surface area contributed by atoms with E-state index in [0.29, 0.717) is 21.1 Å². The third-order valence-electron chi connectivity index (χ3n) is 2.60. The number of H-pyrrole nitrogens is 2. The topological polar surface area (TPSA) is 48.6 Å². The molecule has 0 atom stereocenters. The summed E-state index contributed by atoms with van der Waals surface area (Å²) in [7, 11) is 0. The first-order valence-electron chi connectivity index (χ1n) is 4.65. The van der Waals surface area contributed by atoms with Gasteiger partial charge in [-0.1, -0.05) is 29.3 Å². The van der Waals surface area contributed by atoms with Gasteiger partial charge < -0.3 is 9.97 Å². The summed E-state index contributed by atoms with van der Waals surface area (Å²) in [6.07, 6.45) is 1.61. The summed E-state index contributed by atoms with van der Waals surface area (Å²) < 4.78 is 0. The van der Waals surface area contributed by atoms with Crippen molar-refractivity contribution >= 4 is 45.0 Å². The molecule has 0 saturated heterocycles. The maximum atomic E-state index is 11.6. The molecule has 0 fully saturated rings. The molecule has 5 heteroatoms. The lowest BCUT2D eigenvalue weighted by molar-refractivity contribution is 1.26. The van der Waals surface area contributed by atoms with Crippen molar-refractivity contribution in [2.24, 2.45) is 0 Å². The molecule has 0 radical (unpaired) electrons. The fourth-order valence-corrected chi connectivity index (χ4v) is 2.22. The second-order valence-corrected chi connectivity index (χ2v) is 4.29. The van der Waals surface area contributed by atoms with Crippen LogP contribution in [0.1, 0.15) is 0 Å². The molecule has 0 aliphatic heterocycles. The van der Waals surface area contributed by atoms with Crippen molar-refractivity contribution in [2.75, 3.05) is 0 Å². The molecule has 2 aromatic heterocycles. The van der Waals surface area contributed by atoms with Gasteiger partial charge >= 0.3 is 0 Å². The van der Waals surface area contributed by atoms with Crippen LogP contribution in [0.15, 0.2) is 29.2 Å². The molecule has 1 aromatic carbocycles. The Bertz CT molecular complexity index is 758. The van der Waals surface area contributed by atoms with Crippen LogP contribution in [0.5, 0.6) is 0 Å². The van der Waals surface area contributed by atoms with Crippen LogP contribution in [0.25, 0.3) is 21.8 Å². The van der Waals surface area contributed by atoms with Crippen LogP contribution >= 0.6 is 23.2 Å². The zero-order valence-electron chi connectivity index (χ0n) is 7.97. The molecule has 3 aromatic rings. The average Bonchev–Trinajstić information content (AvgIpc) is 2.65. The second-order valence-electron chi connectivity index (χ2n) is 3.50. The van der Waals surface area contributed by atoms with Crippen molar-refractivity contribution in [3.05, 3.63) is 44.8 Å². The van der Waals surface area contributed by atoms with Crippen molar-refractivity contribution < 1.29 is 0 Å². The van der Waals surface area contributed by atoms with E-state index in [1.807, 2.05) is 12.1 Å². The summed E-state index contributed by atoms with van der Waals surface area (Å²) in [5, 5.41) is 2.65. The highest BCUT2D eigenvalue weighted by Crippen LogP contribution is 2.33. The lowest BCUT2D eigenvalue weighted by Gasteiger charge is -1.96. The van der Waals surface area contributed by atoms with Crippen molar-refractivity contribution in [1.29, 1.82) is 0 Å². The molecule has 80 valence electrons. The minimum Gasteiger partial charge on any atom is -0.349 e. The third kappa shape index (κ3) is 1.19. The summed E-state index contributed by atoms with van der Waals surface area (Å²) in [6.45, 7) is 0. The number of nitrogens with one attached hydrogen (secondary N) is 2. The Labute approximate surface area is 100.0 Å². The van der Waals surface area contributed by atoms with E-state index in [1.54, 1.807) is 12.3 Å². The van der Waals surface area contributed by atoms with Crippen LogP contribution in [-0.4, -0.2) is 9.97 Å². The Balaban J connectivity index is 2.66. The zero-order chi connectivity index (χ0) is 11.3. The lowest BCUT2D eigenvalue weighted by atomic mass is 10.2. The van der Waals surface area contributed by atoms with Gasteiger partial charge in [0.05, 0.1) is 15.6 Å². The van der Waals surface area contributed by atoms with Gasteiger partial charge in [-0.2, -0.15) is 0 Å². The van der Waals surface area contributed by atoms with Crippen molar-refractivity contribution in [3.8, 4) is 0 Å². The van der Waals surface area contributed by atoms with Gasteiger partial charge in [-0.05, 0) is 12.1 Å². The molecule has 0 amide bonds. The zero-order valence-corrected chi connectivity index (χ0v) is 9.49. The molecular formula is C11H6Cl2N2O. The molecular weight excluding hydrogens is 247 g/mol. The number of hydrogen-bond acceptors (Lipinski definition) is 1. The molecule has 0 aliphatic rings. The first-order chi connectivity index (χ1) is 7.68. The predicted octanol–water partition coefficient (Wildman–Crippen LogP) is 3.32. The van der Waals surface area contributed by atoms with Crippen molar-refractivity contribution in [2.45, 2.75) is 0 Å². The van der Waals surface area contributed by atoms with Gasteiger partial charge in [0.25, 0.3) is 5.56 Å². The lowest BCUT2D eigenvalue weighted by Crippen LogP contribution is -2.03. The number of hydrogen-bond donors (Lipinski definition) is 2. The molecule has 0 unspecified atom stereocenters. The van der Waals surface area contributed by atoms with E-state index in [9.17, 15) is 4.79 Å². The minimum absolute atomic E-state index is 0.166. The molecule has 0 aliphatic carbocycles. The second kappa shape index (κ2) is 3.27. The Morgan fingerprint density at radius 3 is 2.56 bits per heavy atom. The minimum atomic E-state index is -0.166. The summed E-state index contributed by atoms with van der Waals surface area (Å²) >= 11 is 12.0. The summed E-state index contributed by atoms with van der Waals surface area (Å²) in [6, 6.07) is 5.41. The predicted molar refractivity (Wildman–Crippen MR) is 66.4 cm³/mol. The number of pyridine rings is 1. The highest BCUT2D eigenvalue weighted by Gasteiger charge is 2.11. The van der Waals surface area contributed by atoms with Crippen molar-refractivity contribution in [3.63, 3.8) is 0 Å². The van der Waals surface area contributed by atoms with E-state index < -0.39 is 0 Å². The van der Waals surface area contributed by atoms with Crippen LogP contribution in [-0.2, 0) is 0 Å².